The molecule has 106 valence electrons. The van der Waals surface area contributed by atoms with Crippen molar-refractivity contribution < 1.29 is 4.79 Å². The van der Waals surface area contributed by atoms with Gasteiger partial charge in [-0.1, -0.05) is 0 Å². The summed E-state index contributed by atoms with van der Waals surface area (Å²) in [4.78, 5) is 14.1. The van der Waals surface area contributed by atoms with E-state index in [4.69, 9.17) is 0 Å². The second-order valence-corrected chi connectivity index (χ2v) is 5.31. The predicted octanol–water partition coefficient (Wildman–Crippen LogP) is 1.43. The molecule has 1 saturated carbocycles. The molecule has 1 aromatic rings. The molecule has 0 saturated heterocycles. The predicted molar refractivity (Wildman–Crippen MR) is 74.8 cm³/mol. The first-order valence-corrected chi connectivity index (χ1v) is 7.15. The topological polar surface area (TPSA) is 50.2 Å². The van der Waals surface area contributed by atoms with Crippen LogP contribution < -0.4 is 5.32 Å². The third kappa shape index (κ3) is 3.56. The van der Waals surface area contributed by atoms with Crippen molar-refractivity contribution in [1.82, 2.24) is 20.0 Å². The van der Waals surface area contributed by atoms with Crippen LogP contribution in [-0.2, 0) is 4.79 Å². The van der Waals surface area contributed by atoms with Crippen LogP contribution in [0.5, 0.6) is 0 Å². The number of aromatic nitrogens is 2. The van der Waals surface area contributed by atoms with Crippen molar-refractivity contribution >= 4 is 5.91 Å². The first-order valence-electron chi connectivity index (χ1n) is 7.15. The Hall–Kier alpha value is -1.36. The minimum absolute atomic E-state index is 0.210. The Labute approximate surface area is 115 Å². The molecule has 0 radical (unpaired) electrons. The molecule has 5 heteroatoms. The van der Waals surface area contributed by atoms with Crippen molar-refractivity contribution in [3.63, 3.8) is 0 Å². The molecule has 1 heterocycles. The van der Waals surface area contributed by atoms with Crippen LogP contribution in [0.15, 0.2) is 18.5 Å². The number of nitrogens with one attached hydrogen (secondary N) is 1. The molecule has 2 rings (SSSR count). The number of carbonyl (C=O) groups excluding carboxylic acids is 1. The van der Waals surface area contributed by atoms with Gasteiger partial charge in [0, 0.05) is 31.0 Å². The summed E-state index contributed by atoms with van der Waals surface area (Å²) in [5, 5.41) is 7.55. The number of rotatable bonds is 7. The molecule has 1 fully saturated rings. The maximum atomic E-state index is 12.1. The van der Waals surface area contributed by atoms with E-state index in [9.17, 15) is 4.79 Å². The van der Waals surface area contributed by atoms with Crippen LogP contribution in [0.25, 0.3) is 0 Å². The monoisotopic (exact) mass is 264 g/mol. The maximum absolute atomic E-state index is 12.1. The highest BCUT2D eigenvalue weighted by atomic mass is 16.2. The fourth-order valence-corrected chi connectivity index (χ4v) is 2.30. The Kier molecular flexibility index (Phi) is 4.58. The molecule has 2 atom stereocenters. The smallest absolute Gasteiger partial charge is 0.236 e. The van der Waals surface area contributed by atoms with Gasteiger partial charge in [0.05, 0.1) is 12.6 Å². The van der Waals surface area contributed by atoms with Crippen LogP contribution in [0.1, 0.15) is 39.7 Å². The molecule has 1 aliphatic carbocycles. The Morgan fingerprint density at radius 3 is 2.79 bits per heavy atom. The van der Waals surface area contributed by atoms with E-state index >= 15 is 0 Å². The quantitative estimate of drug-likeness (QED) is 0.810. The summed E-state index contributed by atoms with van der Waals surface area (Å²) in [5.41, 5.74) is 0. The lowest BCUT2D eigenvalue weighted by Gasteiger charge is -2.25. The highest BCUT2D eigenvalue weighted by Crippen LogP contribution is 2.26. The average molecular weight is 264 g/mol. The third-order valence-corrected chi connectivity index (χ3v) is 3.89. The van der Waals surface area contributed by atoms with Crippen molar-refractivity contribution in [2.75, 3.05) is 13.1 Å². The summed E-state index contributed by atoms with van der Waals surface area (Å²) in [6, 6.07) is 2.86. The Morgan fingerprint density at radius 1 is 1.53 bits per heavy atom. The molecule has 0 aromatic carbocycles. The number of hydrogen-bond acceptors (Lipinski definition) is 3. The van der Waals surface area contributed by atoms with Gasteiger partial charge < -0.3 is 10.2 Å². The highest BCUT2D eigenvalue weighted by Gasteiger charge is 2.31. The molecule has 0 unspecified atom stereocenters. The molecule has 1 amide bonds. The standard InChI is InChI=1S/C14H24N4O/c1-4-17(13-6-7-13)14(19)10-15-11(2)12(3)18-9-5-8-16-18/h5,8-9,11-13,15H,4,6-7,10H2,1-3H3/t11-,12-/m0/s1. The van der Waals surface area contributed by atoms with Gasteiger partial charge in [-0.2, -0.15) is 5.10 Å². The fourth-order valence-electron chi connectivity index (χ4n) is 2.30. The van der Waals surface area contributed by atoms with E-state index in [0.29, 0.717) is 12.6 Å². The third-order valence-electron chi connectivity index (χ3n) is 3.89. The van der Waals surface area contributed by atoms with Gasteiger partial charge in [-0.3, -0.25) is 9.48 Å². The number of carbonyl (C=O) groups is 1. The van der Waals surface area contributed by atoms with Crippen molar-refractivity contribution in [2.45, 2.75) is 51.7 Å². The molecule has 1 N–H and O–H groups in total. The average Bonchev–Trinajstić information content (AvgIpc) is 3.09. The lowest BCUT2D eigenvalue weighted by atomic mass is 10.2. The largest absolute Gasteiger partial charge is 0.339 e. The van der Waals surface area contributed by atoms with Gasteiger partial charge >= 0.3 is 0 Å². The summed E-state index contributed by atoms with van der Waals surface area (Å²) in [6.45, 7) is 7.47. The van der Waals surface area contributed by atoms with Gasteiger partial charge in [0.1, 0.15) is 0 Å². The number of likely N-dealkylation sites (N-methyl/N-ethyl adjacent to an activating group) is 1. The van der Waals surface area contributed by atoms with Gasteiger partial charge in [0.2, 0.25) is 5.91 Å². The summed E-state index contributed by atoms with van der Waals surface area (Å²) in [5.74, 6) is 0.213. The zero-order valence-electron chi connectivity index (χ0n) is 12.0. The van der Waals surface area contributed by atoms with Gasteiger partial charge in [0.15, 0.2) is 0 Å². The van der Waals surface area contributed by atoms with E-state index in [2.05, 4.69) is 24.3 Å². The van der Waals surface area contributed by atoms with E-state index in [-0.39, 0.29) is 18.0 Å². The summed E-state index contributed by atoms with van der Waals surface area (Å²) < 4.78 is 1.92. The Morgan fingerprint density at radius 2 is 2.26 bits per heavy atom. The molecular formula is C14H24N4O. The maximum Gasteiger partial charge on any atom is 0.236 e. The molecule has 1 aliphatic rings. The molecule has 1 aromatic heterocycles. The molecule has 0 spiro atoms. The first-order chi connectivity index (χ1) is 9.13. The van der Waals surface area contributed by atoms with E-state index in [1.165, 1.54) is 12.8 Å². The van der Waals surface area contributed by atoms with E-state index < -0.39 is 0 Å². The molecule has 0 bridgehead atoms. The van der Waals surface area contributed by atoms with Crippen LogP contribution in [0.3, 0.4) is 0 Å². The van der Waals surface area contributed by atoms with Gasteiger partial charge in [-0.15, -0.1) is 0 Å². The van der Waals surface area contributed by atoms with Crippen LogP contribution in [0.4, 0.5) is 0 Å². The number of amides is 1. The van der Waals surface area contributed by atoms with Crippen molar-refractivity contribution in [1.29, 1.82) is 0 Å². The van der Waals surface area contributed by atoms with Crippen molar-refractivity contribution in [2.24, 2.45) is 0 Å². The summed E-state index contributed by atoms with van der Waals surface area (Å²) in [7, 11) is 0. The van der Waals surface area contributed by atoms with E-state index in [1.807, 2.05) is 28.8 Å². The van der Waals surface area contributed by atoms with Crippen LogP contribution in [0, 0.1) is 0 Å². The molecule has 19 heavy (non-hydrogen) atoms. The van der Waals surface area contributed by atoms with Gasteiger partial charge in [0.25, 0.3) is 0 Å². The zero-order chi connectivity index (χ0) is 13.8. The molecule has 5 nitrogen and oxygen atoms in total. The van der Waals surface area contributed by atoms with Crippen molar-refractivity contribution in [3.05, 3.63) is 18.5 Å². The van der Waals surface area contributed by atoms with E-state index in [0.717, 1.165) is 6.54 Å². The summed E-state index contributed by atoms with van der Waals surface area (Å²) in [6.07, 6.45) is 6.06. The minimum atomic E-state index is 0.210. The van der Waals surface area contributed by atoms with Crippen LogP contribution in [-0.4, -0.2) is 45.8 Å². The first kappa shape index (κ1) is 14.1. The Balaban J connectivity index is 1.79. The normalized spacial score (nSPS) is 18.1. The van der Waals surface area contributed by atoms with Gasteiger partial charge in [-0.05, 0) is 39.7 Å². The van der Waals surface area contributed by atoms with E-state index in [1.54, 1.807) is 6.20 Å². The number of nitrogens with zero attached hydrogens (tertiary/aromatic N) is 3. The lowest BCUT2D eigenvalue weighted by Crippen LogP contribution is -2.44. The van der Waals surface area contributed by atoms with Crippen molar-refractivity contribution in [3.8, 4) is 0 Å². The SMILES string of the molecule is CCN(C(=O)CN[C@@H](C)[C@H](C)n1cccn1)C1CC1. The molecular weight excluding hydrogens is 240 g/mol. The molecule has 0 aliphatic heterocycles. The minimum Gasteiger partial charge on any atom is -0.339 e. The summed E-state index contributed by atoms with van der Waals surface area (Å²) >= 11 is 0. The second kappa shape index (κ2) is 6.19. The second-order valence-electron chi connectivity index (χ2n) is 5.31. The zero-order valence-corrected chi connectivity index (χ0v) is 12.0. The van der Waals surface area contributed by atoms with Crippen LogP contribution >= 0.6 is 0 Å². The van der Waals surface area contributed by atoms with Gasteiger partial charge in [-0.25, -0.2) is 0 Å². The number of hydrogen-bond donors (Lipinski definition) is 1. The highest BCUT2D eigenvalue weighted by molar-refractivity contribution is 5.78. The Bertz CT molecular complexity index is 400. The lowest BCUT2D eigenvalue weighted by molar-refractivity contribution is -0.130. The van der Waals surface area contributed by atoms with Crippen LogP contribution in [0.2, 0.25) is 0 Å². The fraction of sp³-hybridized carbons (Fsp3) is 0.714.